The van der Waals surface area contributed by atoms with Crippen molar-refractivity contribution in [1.29, 1.82) is 0 Å². The van der Waals surface area contributed by atoms with Gasteiger partial charge in [-0.25, -0.2) is 0 Å². The molecule has 2 aromatic carbocycles. The highest BCUT2D eigenvalue weighted by Crippen LogP contribution is 2.29. The molecule has 3 heterocycles. The number of halogens is 1. The average Bonchev–Trinajstić information content (AvgIpc) is 3.32. The minimum Gasteiger partial charge on any atom is -0.334 e. The van der Waals surface area contributed by atoms with Crippen molar-refractivity contribution < 1.29 is 14.4 Å². The molecule has 3 aromatic rings. The van der Waals surface area contributed by atoms with E-state index in [-0.39, 0.29) is 30.3 Å². The number of imide groups is 1. The molecule has 0 bridgehead atoms. The highest BCUT2D eigenvalue weighted by molar-refractivity contribution is 9.10. The maximum atomic E-state index is 13.4. The van der Waals surface area contributed by atoms with Gasteiger partial charge in [0.2, 0.25) is 0 Å². The Morgan fingerprint density at radius 1 is 1.07 bits per heavy atom. The van der Waals surface area contributed by atoms with Crippen LogP contribution in [0.25, 0.3) is 10.9 Å². The van der Waals surface area contributed by atoms with Gasteiger partial charge in [0.15, 0.2) is 0 Å². The molecule has 150 valence electrons. The molecule has 1 fully saturated rings. The van der Waals surface area contributed by atoms with Crippen molar-refractivity contribution in [3.05, 3.63) is 75.9 Å². The Kier molecular flexibility index (Phi) is 4.62. The molecule has 2 aliphatic heterocycles. The molecular weight excluding hydrogens is 446 g/mol. The molecule has 7 heteroatoms. The van der Waals surface area contributed by atoms with Gasteiger partial charge < -0.3 is 4.90 Å². The first-order chi connectivity index (χ1) is 14.5. The molecule has 1 aromatic heterocycles. The van der Waals surface area contributed by atoms with Crippen molar-refractivity contribution in [3.63, 3.8) is 0 Å². The summed E-state index contributed by atoms with van der Waals surface area (Å²) in [6.07, 6.45) is 3.23. The number of hydrogen-bond acceptors (Lipinski definition) is 4. The van der Waals surface area contributed by atoms with Gasteiger partial charge in [-0.15, -0.1) is 0 Å². The molecule has 5 rings (SSSR count). The second kappa shape index (κ2) is 7.32. The lowest BCUT2D eigenvalue weighted by molar-refractivity contribution is 0.0563. The molecule has 0 N–H and O–H groups in total. The van der Waals surface area contributed by atoms with E-state index in [4.69, 9.17) is 0 Å². The zero-order valence-corrected chi connectivity index (χ0v) is 17.6. The number of rotatable bonds is 3. The second-order valence-corrected chi connectivity index (χ2v) is 8.50. The third-order valence-electron chi connectivity index (χ3n) is 5.84. The average molecular weight is 464 g/mol. The van der Waals surface area contributed by atoms with Gasteiger partial charge >= 0.3 is 0 Å². The number of carbonyl (C=O) groups is 3. The number of nitrogens with zero attached hydrogens (tertiary/aromatic N) is 3. The Morgan fingerprint density at radius 2 is 1.80 bits per heavy atom. The summed E-state index contributed by atoms with van der Waals surface area (Å²) in [6.45, 7) is 0.815. The Morgan fingerprint density at radius 3 is 2.53 bits per heavy atom. The molecule has 1 saturated heterocycles. The Hall–Kier alpha value is -3.06. The van der Waals surface area contributed by atoms with Crippen LogP contribution in [0.3, 0.4) is 0 Å². The summed E-state index contributed by atoms with van der Waals surface area (Å²) in [5, 5.41) is 0.781. The summed E-state index contributed by atoms with van der Waals surface area (Å²) >= 11 is 3.46. The number of hydrogen-bond donors (Lipinski definition) is 0. The van der Waals surface area contributed by atoms with Crippen LogP contribution in [0.2, 0.25) is 0 Å². The fraction of sp³-hybridized carbons (Fsp3) is 0.217. The van der Waals surface area contributed by atoms with Crippen molar-refractivity contribution in [2.24, 2.45) is 0 Å². The van der Waals surface area contributed by atoms with Crippen LogP contribution in [0.1, 0.15) is 43.9 Å². The predicted molar refractivity (Wildman–Crippen MR) is 115 cm³/mol. The quantitative estimate of drug-likeness (QED) is 0.552. The Labute approximate surface area is 181 Å². The van der Waals surface area contributed by atoms with Gasteiger partial charge in [-0.2, -0.15) is 0 Å². The molecular formula is C23H18BrN3O3. The second-order valence-electron chi connectivity index (χ2n) is 7.58. The summed E-state index contributed by atoms with van der Waals surface area (Å²) in [4.78, 5) is 46.3. The minimum absolute atomic E-state index is 0.0976. The first-order valence-electron chi connectivity index (χ1n) is 9.85. The predicted octanol–water partition coefficient (Wildman–Crippen LogP) is 3.90. The Bertz CT molecular complexity index is 1170. The third-order valence-corrected chi connectivity index (χ3v) is 6.34. The number of aromatic nitrogens is 1. The van der Waals surface area contributed by atoms with Gasteiger partial charge in [0.05, 0.1) is 28.2 Å². The molecule has 2 aliphatic rings. The zero-order chi connectivity index (χ0) is 20.8. The van der Waals surface area contributed by atoms with Crippen LogP contribution in [0.15, 0.2) is 59.2 Å². The normalized spacial score (nSPS) is 18.4. The van der Waals surface area contributed by atoms with Crippen LogP contribution < -0.4 is 0 Å². The summed E-state index contributed by atoms with van der Waals surface area (Å²) in [5.41, 5.74) is 2.20. The van der Waals surface area contributed by atoms with Crippen molar-refractivity contribution in [2.45, 2.75) is 18.9 Å². The first-order valence-corrected chi connectivity index (χ1v) is 10.6. The fourth-order valence-corrected chi connectivity index (χ4v) is 4.73. The van der Waals surface area contributed by atoms with Gasteiger partial charge in [0, 0.05) is 29.1 Å². The number of amides is 3. The van der Waals surface area contributed by atoms with E-state index >= 15 is 0 Å². The molecule has 0 spiro atoms. The first kappa shape index (κ1) is 18.9. The third kappa shape index (κ3) is 3.01. The standard InChI is InChI=1S/C23H18BrN3O3/c24-14-7-8-20-19(12-14)18(9-10-25-20)21(28)26-11-3-4-15(26)13-27-22(29)16-5-1-2-6-17(16)23(27)30/h1-2,5-10,12,15H,3-4,11,13H2/t15-/m1/s1. The SMILES string of the molecule is O=C1c2ccccc2C(=O)N1C[C@H]1CCCN1C(=O)c1ccnc2ccc(Br)cc12. The summed E-state index contributed by atoms with van der Waals surface area (Å²) in [6, 6.07) is 14.1. The van der Waals surface area contributed by atoms with E-state index < -0.39 is 0 Å². The van der Waals surface area contributed by atoms with Crippen LogP contribution in [0.4, 0.5) is 0 Å². The topological polar surface area (TPSA) is 70.6 Å². The molecule has 6 nitrogen and oxygen atoms in total. The molecule has 3 amide bonds. The lowest BCUT2D eigenvalue weighted by atomic mass is 10.1. The highest BCUT2D eigenvalue weighted by Gasteiger charge is 2.39. The van der Waals surface area contributed by atoms with Gasteiger partial charge in [0.25, 0.3) is 17.7 Å². The van der Waals surface area contributed by atoms with E-state index in [2.05, 4.69) is 20.9 Å². The van der Waals surface area contributed by atoms with Crippen molar-refractivity contribution in [3.8, 4) is 0 Å². The number of fused-ring (bicyclic) bond motifs is 2. The van der Waals surface area contributed by atoms with E-state index in [0.717, 1.165) is 28.2 Å². The van der Waals surface area contributed by atoms with E-state index in [9.17, 15) is 14.4 Å². The van der Waals surface area contributed by atoms with Crippen molar-refractivity contribution >= 4 is 44.6 Å². The van der Waals surface area contributed by atoms with Crippen LogP contribution in [-0.2, 0) is 0 Å². The van der Waals surface area contributed by atoms with E-state index in [0.29, 0.717) is 23.2 Å². The van der Waals surface area contributed by atoms with Gasteiger partial charge in [0.1, 0.15) is 0 Å². The van der Waals surface area contributed by atoms with Crippen molar-refractivity contribution in [2.75, 3.05) is 13.1 Å². The molecule has 0 aliphatic carbocycles. The fourth-order valence-electron chi connectivity index (χ4n) is 4.37. The lowest BCUT2D eigenvalue weighted by Gasteiger charge is -2.28. The molecule has 30 heavy (non-hydrogen) atoms. The van der Waals surface area contributed by atoms with Gasteiger partial charge in [-0.05, 0) is 49.2 Å². The molecule has 1 atom stereocenters. The zero-order valence-electron chi connectivity index (χ0n) is 16.0. The van der Waals surface area contributed by atoms with Crippen LogP contribution >= 0.6 is 15.9 Å². The lowest BCUT2D eigenvalue weighted by Crippen LogP contribution is -2.45. The van der Waals surface area contributed by atoms with Crippen LogP contribution in [0, 0.1) is 0 Å². The van der Waals surface area contributed by atoms with Gasteiger partial charge in [-0.1, -0.05) is 28.1 Å². The monoisotopic (exact) mass is 463 g/mol. The van der Waals surface area contributed by atoms with Gasteiger partial charge in [-0.3, -0.25) is 24.3 Å². The van der Waals surface area contributed by atoms with Crippen molar-refractivity contribution in [1.82, 2.24) is 14.8 Å². The number of benzene rings is 2. The van der Waals surface area contributed by atoms with Crippen LogP contribution in [-0.4, -0.2) is 51.6 Å². The Balaban J connectivity index is 1.43. The summed E-state index contributed by atoms with van der Waals surface area (Å²) in [5.74, 6) is -0.666. The molecule has 0 radical (unpaired) electrons. The summed E-state index contributed by atoms with van der Waals surface area (Å²) in [7, 11) is 0. The van der Waals surface area contributed by atoms with E-state index in [1.807, 2.05) is 18.2 Å². The number of likely N-dealkylation sites (tertiary alicyclic amines) is 1. The molecule has 0 saturated carbocycles. The highest BCUT2D eigenvalue weighted by atomic mass is 79.9. The largest absolute Gasteiger partial charge is 0.334 e. The van der Waals surface area contributed by atoms with Crippen LogP contribution in [0.5, 0.6) is 0 Å². The number of pyridine rings is 1. The maximum Gasteiger partial charge on any atom is 0.261 e. The maximum absolute atomic E-state index is 13.4. The number of carbonyl (C=O) groups excluding carboxylic acids is 3. The summed E-state index contributed by atoms with van der Waals surface area (Å²) < 4.78 is 0.876. The molecule has 0 unspecified atom stereocenters. The minimum atomic E-state index is -0.284. The smallest absolute Gasteiger partial charge is 0.261 e. The van der Waals surface area contributed by atoms with E-state index in [1.165, 1.54) is 4.90 Å². The van der Waals surface area contributed by atoms with E-state index in [1.54, 1.807) is 41.4 Å².